The maximum absolute atomic E-state index is 12.8. The predicted octanol–water partition coefficient (Wildman–Crippen LogP) is 2.75. The van der Waals surface area contributed by atoms with E-state index in [1.165, 1.54) is 19.2 Å². The Bertz CT molecular complexity index is 535. The third-order valence-electron chi connectivity index (χ3n) is 2.86. The van der Waals surface area contributed by atoms with Crippen LogP contribution in [0.3, 0.4) is 0 Å². The molecule has 1 N–H and O–H groups in total. The molecule has 0 spiro atoms. The van der Waals surface area contributed by atoms with Crippen molar-refractivity contribution < 1.29 is 22.6 Å². The van der Waals surface area contributed by atoms with Crippen LogP contribution in [0.15, 0.2) is 23.2 Å². The summed E-state index contributed by atoms with van der Waals surface area (Å²) in [6, 6.07) is 3.54. The quantitative estimate of drug-likeness (QED) is 0.906. The van der Waals surface area contributed by atoms with Gasteiger partial charge in [0, 0.05) is 13.7 Å². The summed E-state index contributed by atoms with van der Waals surface area (Å²) in [7, 11) is 1.47. The molecule has 0 saturated carbocycles. The standard InChI is InChI=1S/C13H14ClF3N2O2/c1-20-7-10(12-18-5-6-19-12)21-9-4-2-3-8(11(9)14)13(15,16)17/h2-4,10H,5-7H2,1H3,(H,18,19). The van der Waals surface area contributed by atoms with Crippen LogP contribution in [0.1, 0.15) is 5.56 Å². The van der Waals surface area contributed by atoms with Gasteiger partial charge in [0.1, 0.15) is 11.6 Å². The molecule has 1 heterocycles. The van der Waals surface area contributed by atoms with E-state index in [1.54, 1.807) is 0 Å². The van der Waals surface area contributed by atoms with Gasteiger partial charge in [0.2, 0.25) is 0 Å². The van der Waals surface area contributed by atoms with Crippen LogP contribution in [-0.4, -0.2) is 38.7 Å². The smallest absolute Gasteiger partial charge is 0.417 e. The molecule has 1 aromatic rings. The van der Waals surface area contributed by atoms with Gasteiger partial charge >= 0.3 is 6.18 Å². The van der Waals surface area contributed by atoms with Gasteiger partial charge in [-0.3, -0.25) is 4.99 Å². The van der Waals surface area contributed by atoms with Crippen LogP contribution >= 0.6 is 11.6 Å². The number of hydrogen-bond donors (Lipinski definition) is 1. The Kier molecular flexibility index (Phi) is 4.95. The number of halogens is 4. The first-order valence-electron chi connectivity index (χ1n) is 6.23. The highest BCUT2D eigenvalue weighted by Gasteiger charge is 2.34. The highest BCUT2D eigenvalue weighted by atomic mass is 35.5. The number of rotatable bonds is 5. The number of ether oxygens (including phenoxy) is 2. The van der Waals surface area contributed by atoms with Crippen molar-refractivity contribution in [3.05, 3.63) is 28.8 Å². The zero-order chi connectivity index (χ0) is 15.5. The molecule has 0 fully saturated rings. The molecule has 1 atom stereocenters. The second-order valence-electron chi connectivity index (χ2n) is 4.37. The van der Waals surface area contributed by atoms with E-state index in [1.807, 2.05) is 0 Å². The van der Waals surface area contributed by atoms with Crippen LogP contribution in [-0.2, 0) is 10.9 Å². The first-order valence-corrected chi connectivity index (χ1v) is 6.60. The highest BCUT2D eigenvalue weighted by Crippen LogP contribution is 2.39. The Balaban J connectivity index is 2.25. The monoisotopic (exact) mass is 322 g/mol. The van der Waals surface area contributed by atoms with Gasteiger partial charge in [-0.25, -0.2) is 0 Å². The molecule has 1 unspecified atom stereocenters. The maximum atomic E-state index is 12.8. The molecule has 0 aliphatic carbocycles. The van der Waals surface area contributed by atoms with Crippen LogP contribution in [0.25, 0.3) is 0 Å². The van der Waals surface area contributed by atoms with Crippen molar-refractivity contribution in [2.45, 2.75) is 12.3 Å². The zero-order valence-electron chi connectivity index (χ0n) is 11.2. The van der Waals surface area contributed by atoms with Crippen molar-refractivity contribution in [1.29, 1.82) is 0 Å². The first-order chi connectivity index (χ1) is 9.93. The van der Waals surface area contributed by atoms with Gasteiger partial charge in [0.15, 0.2) is 6.10 Å². The summed E-state index contributed by atoms with van der Waals surface area (Å²) in [6.07, 6.45) is -5.16. The lowest BCUT2D eigenvalue weighted by Crippen LogP contribution is -2.39. The molecule has 1 aliphatic rings. The predicted molar refractivity (Wildman–Crippen MR) is 73.1 cm³/mol. The molecule has 1 aliphatic heterocycles. The Morgan fingerprint density at radius 1 is 1.43 bits per heavy atom. The largest absolute Gasteiger partial charge is 0.479 e. The topological polar surface area (TPSA) is 42.9 Å². The zero-order valence-corrected chi connectivity index (χ0v) is 12.0. The van der Waals surface area contributed by atoms with E-state index >= 15 is 0 Å². The van der Waals surface area contributed by atoms with Crippen molar-refractivity contribution >= 4 is 17.4 Å². The normalized spacial score (nSPS) is 16.3. The fourth-order valence-electron chi connectivity index (χ4n) is 1.93. The second-order valence-corrected chi connectivity index (χ2v) is 4.75. The fraction of sp³-hybridized carbons (Fsp3) is 0.462. The lowest BCUT2D eigenvalue weighted by molar-refractivity contribution is -0.137. The van der Waals surface area contributed by atoms with E-state index in [0.29, 0.717) is 18.9 Å². The summed E-state index contributed by atoms with van der Waals surface area (Å²) < 4.78 is 49.0. The van der Waals surface area contributed by atoms with E-state index in [0.717, 1.165) is 6.07 Å². The summed E-state index contributed by atoms with van der Waals surface area (Å²) in [5, 5.41) is 2.54. The maximum Gasteiger partial charge on any atom is 0.417 e. The summed E-state index contributed by atoms with van der Waals surface area (Å²) in [6.45, 7) is 1.41. The molecular formula is C13H14ClF3N2O2. The Morgan fingerprint density at radius 3 is 2.76 bits per heavy atom. The number of aliphatic imine (C=N–C) groups is 1. The fourth-order valence-corrected chi connectivity index (χ4v) is 2.20. The summed E-state index contributed by atoms with van der Waals surface area (Å²) in [4.78, 5) is 4.19. The average molecular weight is 323 g/mol. The van der Waals surface area contributed by atoms with Crippen LogP contribution in [0.5, 0.6) is 5.75 Å². The van der Waals surface area contributed by atoms with Gasteiger partial charge in [-0.15, -0.1) is 0 Å². The SMILES string of the molecule is COCC(Oc1cccc(C(F)(F)F)c1Cl)C1=NCCN1. The third kappa shape index (κ3) is 3.79. The van der Waals surface area contributed by atoms with Crippen LogP contribution < -0.4 is 10.1 Å². The van der Waals surface area contributed by atoms with Gasteiger partial charge < -0.3 is 14.8 Å². The van der Waals surface area contributed by atoms with Crippen molar-refractivity contribution in [1.82, 2.24) is 5.32 Å². The number of nitrogens with one attached hydrogen (secondary N) is 1. The number of alkyl halides is 3. The molecule has 0 saturated heterocycles. The van der Waals surface area contributed by atoms with E-state index in [-0.39, 0.29) is 12.4 Å². The molecule has 21 heavy (non-hydrogen) atoms. The highest BCUT2D eigenvalue weighted by molar-refractivity contribution is 6.32. The number of amidine groups is 1. The average Bonchev–Trinajstić information content (AvgIpc) is 2.93. The van der Waals surface area contributed by atoms with E-state index in [4.69, 9.17) is 21.1 Å². The summed E-state index contributed by atoms with van der Waals surface area (Å²) >= 11 is 5.80. The Hall–Kier alpha value is -1.47. The van der Waals surface area contributed by atoms with Gasteiger partial charge in [-0.2, -0.15) is 13.2 Å². The molecule has 4 nitrogen and oxygen atoms in total. The van der Waals surface area contributed by atoms with Gasteiger partial charge in [0.05, 0.1) is 23.7 Å². The summed E-state index contributed by atoms with van der Waals surface area (Å²) in [5.41, 5.74) is -0.931. The molecule has 0 amide bonds. The molecular weight excluding hydrogens is 309 g/mol. The van der Waals surface area contributed by atoms with Crippen molar-refractivity contribution in [2.24, 2.45) is 4.99 Å². The number of benzene rings is 1. The van der Waals surface area contributed by atoms with Crippen molar-refractivity contribution in [3.8, 4) is 5.75 Å². The lowest BCUT2D eigenvalue weighted by atomic mass is 10.2. The van der Waals surface area contributed by atoms with Crippen LogP contribution in [0, 0.1) is 0 Å². The first kappa shape index (κ1) is 15.9. The molecule has 8 heteroatoms. The second kappa shape index (κ2) is 6.53. The van der Waals surface area contributed by atoms with Gasteiger partial charge in [-0.05, 0) is 12.1 Å². The number of nitrogens with zero attached hydrogens (tertiary/aromatic N) is 1. The Labute approximate surface area is 124 Å². The van der Waals surface area contributed by atoms with Crippen LogP contribution in [0.4, 0.5) is 13.2 Å². The minimum Gasteiger partial charge on any atom is -0.479 e. The Morgan fingerprint density at radius 2 is 2.19 bits per heavy atom. The number of hydrogen-bond acceptors (Lipinski definition) is 4. The molecule has 2 rings (SSSR count). The number of methoxy groups -OCH3 is 1. The van der Waals surface area contributed by atoms with Crippen molar-refractivity contribution in [2.75, 3.05) is 26.8 Å². The van der Waals surface area contributed by atoms with E-state index < -0.39 is 22.9 Å². The molecule has 1 aromatic carbocycles. The minimum atomic E-state index is -4.53. The van der Waals surface area contributed by atoms with Gasteiger partial charge in [-0.1, -0.05) is 17.7 Å². The molecule has 0 aromatic heterocycles. The van der Waals surface area contributed by atoms with E-state index in [9.17, 15) is 13.2 Å². The van der Waals surface area contributed by atoms with Gasteiger partial charge in [0.25, 0.3) is 0 Å². The molecule has 0 radical (unpaired) electrons. The molecule has 116 valence electrons. The third-order valence-corrected chi connectivity index (χ3v) is 3.25. The summed E-state index contributed by atoms with van der Waals surface area (Å²) in [5.74, 6) is 0.496. The van der Waals surface area contributed by atoms with Crippen LogP contribution in [0.2, 0.25) is 5.02 Å². The minimum absolute atomic E-state index is 0.0510. The van der Waals surface area contributed by atoms with E-state index in [2.05, 4.69) is 10.3 Å². The lowest BCUT2D eigenvalue weighted by Gasteiger charge is -2.20. The van der Waals surface area contributed by atoms with Crippen molar-refractivity contribution in [3.63, 3.8) is 0 Å². The molecule has 0 bridgehead atoms.